The number of aromatic amines is 1. The fourth-order valence-electron chi connectivity index (χ4n) is 1.97. The molecule has 0 spiro atoms. The van der Waals surface area contributed by atoms with Crippen molar-refractivity contribution in [3.05, 3.63) is 23.8 Å². The Labute approximate surface area is 115 Å². The van der Waals surface area contributed by atoms with Crippen LogP contribution in [0.2, 0.25) is 0 Å². The highest BCUT2D eigenvalue weighted by atomic mass is 16.5. The summed E-state index contributed by atoms with van der Waals surface area (Å²) in [7, 11) is 1.91. The Balaban J connectivity index is 1.92. The minimum absolute atomic E-state index is 0.303. The molecular formula is C13H16N6O. The van der Waals surface area contributed by atoms with Gasteiger partial charge in [0.05, 0.1) is 5.56 Å². The number of aromatic nitrogens is 5. The number of pyridine rings is 1. The normalized spacial score (nSPS) is 12.9. The van der Waals surface area contributed by atoms with Crippen molar-refractivity contribution in [1.82, 2.24) is 30.6 Å². The van der Waals surface area contributed by atoms with E-state index in [2.05, 4.69) is 37.6 Å². The van der Waals surface area contributed by atoms with Gasteiger partial charge < -0.3 is 9.84 Å². The van der Waals surface area contributed by atoms with E-state index in [1.54, 1.807) is 6.20 Å². The molecule has 0 amide bonds. The van der Waals surface area contributed by atoms with E-state index in [4.69, 9.17) is 4.52 Å². The number of hydrogen-bond donors (Lipinski definition) is 2. The minimum Gasteiger partial charge on any atom is -0.334 e. The molecule has 0 fully saturated rings. The molecule has 1 unspecified atom stereocenters. The van der Waals surface area contributed by atoms with Crippen molar-refractivity contribution in [3.8, 4) is 11.5 Å². The summed E-state index contributed by atoms with van der Waals surface area (Å²) in [5, 5.41) is 15.1. The van der Waals surface area contributed by atoms with Crippen molar-refractivity contribution in [2.24, 2.45) is 0 Å². The number of nitrogens with zero attached hydrogens (tertiary/aromatic N) is 4. The Morgan fingerprint density at radius 3 is 3.10 bits per heavy atom. The lowest BCUT2D eigenvalue weighted by molar-refractivity contribution is 0.418. The van der Waals surface area contributed by atoms with Crippen LogP contribution in [-0.4, -0.2) is 38.4 Å². The van der Waals surface area contributed by atoms with Crippen molar-refractivity contribution in [2.45, 2.75) is 26.3 Å². The van der Waals surface area contributed by atoms with Crippen LogP contribution in [0, 0.1) is 6.92 Å². The number of likely N-dealkylation sites (N-methyl/N-ethyl adjacent to an activating group) is 1. The van der Waals surface area contributed by atoms with Gasteiger partial charge in [0.25, 0.3) is 5.89 Å². The molecule has 0 bridgehead atoms. The molecule has 0 aliphatic heterocycles. The van der Waals surface area contributed by atoms with Gasteiger partial charge in [-0.15, -0.1) is 0 Å². The summed E-state index contributed by atoms with van der Waals surface area (Å²) in [4.78, 5) is 8.68. The van der Waals surface area contributed by atoms with Crippen LogP contribution in [0.4, 0.5) is 0 Å². The van der Waals surface area contributed by atoms with Crippen LogP contribution in [0.1, 0.15) is 18.4 Å². The third kappa shape index (κ3) is 2.27. The van der Waals surface area contributed by atoms with Gasteiger partial charge >= 0.3 is 0 Å². The Kier molecular flexibility index (Phi) is 3.19. The average Bonchev–Trinajstić information content (AvgIpc) is 3.06. The van der Waals surface area contributed by atoms with Crippen molar-refractivity contribution in [2.75, 3.05) is 7.05 Å². The Bertz CT molecular complexity index is 731. The average molecular weight is 272 g/mol. The lowest BCUT2D eigenvalue weighted by atomic mass is 10.2. The molecule has 0 saturated carbocycles. The van der Waals surface area contributed by atoms with Crippen LogP contribution in [0.25, 0.3) is 22.5 Å². The van der Waals surface area contributed by atoms with E-state index in [-0.39, 0.29) is 0 Å². The summed E-state index contributed by atoms with van der Waals surface area (Å²) in [6, 6.07) is 2.26. The van der Waals surface area contributed by atoms with Crippen molar-refractivity contribution < 1.29 is 4.52 Å². The molecule has 20 heavy (non-hydrogen) atoms. The molecule has 3 heterocycles. The predicted molar refractivity (Wildman–Crippen MR) is 74.1 cm³/mol. The van der Waals surface area contributed by atoms with Gasteiger partial charge in [0.2, 0.25) is 0 Å². The first-order valence-corrected chi connectivity index (χ1v) is 6.48. The maximum atomic E-state index is 5.30. The Hall–Kier alpha value is -2.28. The third-order valence-electron chi connectivity index (χ3n) is 3.30. The van der Waals surface area contributed by atoms with Crippen molar-refractivity contribution >= 4 is 11.0 Å². The Morgan fingerprint density at radius 1 is 1.45 bits per heavy atom. The summed E-state index contributed by atoms with van der Waals surface area (Å²) in [6.07, 6.45) is 2.42. The minimum atomic E-state index is 0.303. The summed E-state index contributed by atoms with van der Waals surface area (Å²) in [6.45, 7) is 4.02. The quantitative estimate of drug-likeness (QED) is 0.747. The molecule has 7 nitrogen and oxygen atoms in total. The number of hydrogen-bond acceptors (Lipinski definition) is 6. The number of H-pyrrole nitrogens is 1. The molecular weight excluding hydrogens is 256 g/mol. The maximum absolute atomic E-state index is 5.30. The zero-order valence-corrected chi connectivity index (χ0v) is 11.6. The fourth-order valence-corrected chi connectivity index (χ4v) is 1.97. The van der Waals surface area contributed by atoms with Gasteiger partial charge in [-0.05, 0) is 27.0 Å². The summed E-state index contributed by atoms with van der Waals surface area (Å²) in [5.74, 6) is 1.17. The van der Waals surface area contributed by atoms with E-state index in [1.807, 2.05) is 20.0 Å². The van der Waals surface area contributed by atoms with E-state index >= 15 is 0 Å². The van der Waals surface area contributed by atoms with E-state index in [9.17, 15) is 0 Å². The molecule has 3 rings (SSSR count). The van der Waals surface area contributed by atoms with Gasteiger partial charge in [-0.3, -0.25) is 5.10 Å². The third-order valence-corrected chi connectivity index (χ3v) is 3.30. The van der Waals surface area contributed by atoms with Crippen LogP contribution in [0.15, 0.2) is 16.8 Å². The standard InChI is InChI=1S/C13H16N6O/c1-7(14-3)4-11-16-13(20-19-11)9-5-10-8(2)17-18-12(10)15-6-9/h5-7,14H,4H2,1-3H3,(H,15,17,18). The van der Waals surface area contributed by atoms with Gasteiger partial charge in [-0.1, -0.05) is 5.16 Å². The van der Waals surface area contributed by atoms with Crippen LogP contribution < -0.4 is 5.32 Å². The zero-order valence-electron chi connectivity index (χ0n) is 11.6. The van der Waals surface area contributed by atoms with Gasteiger partial charge in [-0.25, -0.2) is 4.98 Å². The SMILES string of the molecule is CNC(C)Cc1noc(-c2cnc3n[nH]c(C)c3c2)n1. The molecule has 0 saturated heterocycles. The number of rotatable bonds is 4. The molecule has 0 aliphatic carbocycles. The summed E-state index contributed by atoms with van der Waals surface area (Å²) in [5.41, 5.74) is 2.46. The predicted octanol–water partition coefficient (Wildman–Crippen LogP) is 1.47. The fraction of sp³-hybridized carbons (Fsp3) is 0.385. The molecule has 7 heteroatoms. The first-order chi connectivity index (χ1) is 9.67. The molecule has 2 N–H and O–H groups in total. The van der Waals surface area contributed by atoms with Gasteiger partial charge in [-0.2, -0.15) is 10.1 Å². The second-order valence-corrected chi connectivity index (χ2v) is 4.85. The zero-order chi connectivity index (χ0) is 14.1. The second kappa shape index (κ2) is 5.01. The number of aryl methyl sites for hydroxylation is 1. The molecule has 1 atom stereocenters. The van der Waals surface area contributed by atoms with E-state index in [0.717, 1.165) is 23.1 Å². The van der Waals surface area contributed by atoms with Crippen molar-refractivity contribution in [1.29, 1.82) is 0 Å². The van der Waals surface area contributed by atoms with Crippen LogP contribution in [0.3, 0.4) is 0 Å². The molecule has 0 aliphatic rings. The van der Waals surface area contributed by atoms with E-state index < -0.39 is 0 Å². The highest BCUT2D eigenvalue weighted by molar-refractivity contribution is 5.81. The van der Waals surface area contributed by atoms with Crippen LogP contribution in [0.5, 0.6) is 0 Å². The van der Waals surface area contributed by atoms with Gasteiger partial charge in [0.1, 0.15) is 0 Å². The molecule has 0 radical (unpaired) electrons. The summed E-state index contributed by atoms with van der Waals surface area (Å²) < 4.78 is 5.30. The number of nitrogens with one attached hydrogen (secondary N) is 2. The van der Waals surface area contributed by atoms with Crippen LogP contribution in [-0.2, 0) is 6.42 Å². The molecule has 104 valence electrons. The smallest absolute Gasteiger partial charge is 0.259 e. The topological polar surface area (TPSA) is 92.5 Å². The summed E-state index contributed by atoms with van der Waals surface area (Å²) >= 11 is 0. The number of fused-ring (bicyclic) bond motifs is 1. The molecule has 3 aromatic rings. The first kappa shape index (κ1) is 12.7. The Morgan fingerprint density at radius 2 is 2.30 bits per heavy atom. The van der Waals surface area contributed by atoms with E-state index in [1.165, 1.54) is 0 Å². The van der Waals surface area contributed by atoms with E-state index in [0.29, 0.717) is 23.4 Å². The van der Waals surface area contributed by atoms with Gasteiger partial charge in [0, 0.05) is 29.7 Å². The maximum Gasteiger partial charge on any atom is 0.259 e. The van der Waals surface area contributed by atoms with Crippen LogP contribution >= 0.6 is 0 Å². The lowest BCUT2D eigenvalue weighted by Gasteiger charge is -2.04. The lowest BCUT2D eigenvalue weighted by Crippen LogP contribution is -2.24. The highest BCUT2D eigenvalue weighted by Crippen LogP contribution is 2.22. The van der Waals surface area contributed by atoms with Crippen molar-refractivity contribution in [3.63, 3.8) is 0 Å². The molecule has 0 aromatic carbocycles. The largest absolute Gasteiger partial charge is 0.334 e. The second-order valence-electron chi connectivity index (χ2n) is 4.85. The van der Waals surface area contributed by atoms with Gasteiger partial charge in [0.15, 0.2) is 11.5 Å². The monoisotopic (exact) mass is 272 g/mol. The molecule has 3 aromatic heterocycles. The first-order valence-electron chi connectivity index (χ1n) is 6.48. The highest BCUT2D eigenvalue weighted by Gasteiger charge is 2.13.